The summed E-state index contributed by atoms with van der Waals surface area (Å²) in [5, 5.41) is 2.76. The van der Waals surface area contributed by atoms with Crippen LogP contribution in [0.5, 0.6) is 5.75 Å². The van der Waals surface area contributed by atoms with Gasteiger partial charge in [0.1, 0.15) is 11.6 Å². The van der Waals surface area contributed by atoms with E-state index in [1.807, 2.05) is 0 Å². The molecule has 4 rings (SSSR count). The number of carbonyl (C=O) groups is 3. The van der Waals surface area contributed by atoms with Crippen molar-refractivity contribution in [2.75, 3.05) is 10.2 Å². The molecule has 0 radical (unpaired) electrons. The fourth-order valence-corrected chi connectivity index (χ4v) is 3.48. The van der Waals surface area contributed by atoms with Crippen LogP contribution in [0.1, 0.15) is 27.6 Å². The van der Waals surface area contributed by atoms with Crippen molar-refractivity contribution in [2.24, 2.45) is 0 Å². The van der Waals surface area contributed by atoms with Gasteiger partial charge < -0.3 is 10.1 Å². The molecule has 0 saturated carbocycles. The first-order valence-electron chi connectivity index (χ1n) is 9.35. The number of halogens is 2. The molecule has 31 heavy (non-hydrogen) atoms. The number of fused-ring (bicyclic) bond motifs is 1. The monoisotopic (exact) mass is 438 g/mol. The molecular formula is C23H16ClFN2O4. The summed E-state index contributed by atoms with van der Waals surface area (Å²) >= 11 is 6.32. The van der Waals surface area contributed by atoms with Gasteiger partial charge >= 0.3 is 0 Å². The van der Waals surface area contributed by atoms with Gasteiger partial charge in [-0.1, -0.05) is 29.8 Å². The molecule has 8 heteroatoms. The molecule has 1 heterocycles. The number of ether oxygens (including phenoxy) is 1. The molecule has 1 N–H and O–H groups in total. The molecule has 3 aromatic rings. The number of hydrogen-bond donors (Lipinski definition) is 1. The fraction of sp³-hybridized carbons (Fsp3) is 0.0870. The van der Waals surface area contributed by atoms with E-state index >= 15 is 0 Å². The first-order chi connectivity index (χ1) is 14.8. The molecule has 1 atom stereocenters. The smallest absolute Gasteiger partial charge is 0.266 e. The van der Waals surface area contributed by atoms with Crippen LogP contribution in [0.2, 0.25) is 5.02 Å². The number of nitrogens with one attached hydrogen (secondary N) is 1. The summed E-state index contributed by atoms with van der Waals surface area (Å²) in [7, 11) is 0. The van der Waals surface area contributed by atoms with Crippen LogP contribution >= 0.6 is 11.6 Å². The van der Waals surface area contributed by atoms with E-state index in [2.05, 4.69) is 5.32 Å². The molecule has 0 aromatic heterocycles. The lowest BCUT2D eigenvalue weighted by atomic mass is 10.1. The highest BCUT2D eigenvalue weighted by Crippen LogP contribution is 2.34. The van der Waals surface area contributed by atoms with Crippen LogP contribution in [0.15, 0.2) is 66.7 Å². The van der Waals surface area contributed by atoms with E-state index in [1.54, 1.807) is 30.3 Å². The number of benzene rings is 3. The maximum Gasteiger partial charge on any atom is 0.266 e. The normalized spacial score (nSPS) is 13.7. The molecule has 0 fully saturated rings. The number of amides is 3. The molecule has 3 amide bonds. The second-order valence-electron chi connectivity index (χ2n) is 6.86. The molecule has 1 unspecified atom stereocenters. The number of anilines is 2. The Morgan fingerprint density at radius 1 is 1.00 bits per heavy atom. The molecule has 3 aromatic carbocycles. The first-order valence-corrected chi connectivity index (χ1v) is 9.73. The van der Waals surface area contributed by atoms with E-state index in [0.717, 1.165) is 4.90 Å². The van der Waals surface area contributed by atoms with Crippen molar-refractivity contribution in [3.05, 3.63) is 88.7 Å². The van der Waals surface area contributed by atoms with Crippen LogP contribution < -0.4 is 15.0 Å². The average molecular weight is 439 g/mol. The van der Waals surface area contributed by atoms with E-state index in [0.29, 0.717) is 16.8 Å². The maximum atomic E-state index is 13.3. The summed E-state index contributed by atoms with van der Waals surface area (Å²) in [6, 6.07) is 16.4. The fourth-order valence-electron chi connectivity index (χ4n) is 3.22. The van der Waals surface area contributed by atoms with Crippen molar-refractivity contribution in [3.63, 3.8) is 0 Å². The zero-order valence-electron chi connectivity index (χ0n) is 16.3. The molecular weight excluding hydrogens is 423 g/mol. The quantitative estimate of drug-likeness (QED) is 0.586. The average Bonchev–Trinajstić information content (AvgIpc) is 2.99. The first kappa shape index (κ1) is 20.6. The summed E-state index contributed by atoms with van der Waals surface area (Å²) in [5.74, 6) is -1.65. The zero-order valence-corrected chi connectivity index (χ0v) is 17.0. The van der Waals surface area contributed by atoms with Crippen molar-refractivity contribution in [2.45, 2.75) is 13.0 Å². The molecule has 0 bridgehead atoms. The standard InChI is InChI=1S/C23H16ClFN2O4/c1-13(31-16-6-4-5-14(25)11-16)21(28)26-15-9-10-20(19(24)12-15)27-22(29)17-7-2-3-8-18(17)23(27)30/h2-13H,1H3,(H,26,28). The van der Waals surface area contributed by atoms with Crippen LogP contribution in [0.25, 0.3) is 0 Å². The van der Waals surface area contributed by atoms with Gasteiger partial charge in [-0.3, -0.25) is 14.4 Å². The summed E-state index contributed by atoms with van der Waals surface area (Å²) in [5.41, 5.74) is 1.19. The minimum absolute atomic E-state index is 0.117. The Bertz CT molecular complexity index is 1180. The predicted octanol–water partition coefficient (Wildman–Crippen LogP) is 4.69. The Hall–Kier alpha value is -3.71. The molecule has 0 aliphatic carbocycles. The topological polar surface area (TPSA) is 75.7 Å². The van der Waals surface area contributed by atoms with Crippen molar-refractivity contribution >= 4 is 40.7 Å². The number of rotatable bonds is 5. The van der Waals surface area contributed by atoms with Gasteiger partial charge in [-0.25, -0.2) is 9.29 Å². The van der Waals surface area contributed by atoms with E-state index in [-0.39, 0.29) is 16.5 Å². The highest BCUT2D eigenvalue weighted by molar-refractivity contribution is 6.40. The van der Waals surface area contributed by atoms with E-state index in [9.17, 15) is 18.8 Å². The third-order valence-electron chi connectivity index (χ3n) is 4.73. The largest absolute Gasteiger partial charge is 0.481 e. The van der Waals surface area contributed by atoms with Crippen molar-refractivity contribution in [3.8, 4) is 5.75 Å². The Morgan fingerprint density at radius 3 is 2.29 bits per heavy atom. The minimum atomic E-state index is -0.906. The molecule has 1 aliphatic heterocycles. The van der Waals surface area contributed by atoms with Crippen molar-refractivity contribution < 1.29 is 23.5 Å². The second kappa shape index (κ2) is 8.20. The second-order valence-corrected chi connectivity index (χ2v) is 7.27. The minimum Gasteiger partial charge on any atom is -0.481 e. The summed E-state index contributed by atoms with van der Waals surface area (Å²) in [4.78, 5) is 38.7. The summed E-state index contributed by atoms with van der Waals surface area (Å²) < 4.78 is 18.7. The van der Waals surface area contributed by atoms with Crippen LogP contribution in [-0.4, -0.2) is 23.8 Å². The third-order valence-corrected chi connectivity index (χ3v) is 5.03. The molecule has 0 spiro atoms. The highest BCUT2D eigenvalue weighted by atomic mass is 35.5. The van der Waals surface area contributed by atoms with Crippen LogP contribution in [0, 0.1) is 5.82 Å². The Kier molecular flexibility index (Phi) is 5.44. The van der Waals surface area contributed by atoms with Gasteiger partial charge in [-0.2, -0.15) is 0 Å². The Balaban J connectivity index is 1.49. The lowest BCUT2D eigenvalue weighted by Gasteiger charge is -2.18. The van der Waals surface area contributed by atoms with Gasteiger partial charge in [-0.05, 0) is 49.4 Å². The van der Waals surface area contributed by atoms with Gasteiger partial charge in [-0.15, -0.1) is 0 Å². The Labute approximate surface area is 182 Å². The van der Waals surface area contributed by atoms with Crippen LogP contribution in [0.3, 0.4) is 0 Å². The Morgan fingerprint density at radius 2 is 1.68 bits per heavy atom. The molecule has 1 aliphatic rings. The molecule has 0 saturated heterocycles. The number of carbonyl (C=O) groups excluding carboxylic acids is 3. The van der Waals surface area contributed by atoms with Crippen molar-refractivity contribution in [1.29, 1.82) is 0 Å². The number of imide groups is 1. The predicted molar refractivity (Wildman–Crippen MR) is 114 cm³/mol. The van der Waals surface area contributed by atoms with Crippen molar-refractivity contribution in [1.82, 2.24) is 0 Å². The van der Waals surface area contributed by atoms with Gasteiger partial charge in [0.25, 0.3) is 17.7 Å². The lowest BCUT2D eigenvalue weighted by Crippen LogP contribution is -2.31. The van der Waals surface area contributed by atoms with Crippen LogP contribution in [-0.2, 0) is 4.79 Å². The van der Waals surface area contributed by atoms with Crippen LogP contribution in [0.4, 0.5) is 15.8 Å². The zero-order chi connectivity index (χ0) is 22.1. The third kappa shape index (κ3) is 4.00. The maximum absolute atomic E-state index is 13.3. The summed E-state index contributed by atoms with van der Waals surface area (Å²) in [6.45, 7) is 1.52. The number of nitrogens with zero attached hydrogens (tertiary/aromatic N) is 1. The van der Waals surface area contributed by atoms with E-state index < -0.39 is 29.6 Å². The molecule has 156 valence electrons. The SMILES string of the molecule is CC(Oc1cccc(F)c1)C(=O)Nc1ccc(N2C(=O)c3ccccc3C2=O)c(Cl)c1. The van der Waals surface area contributed by atoms with Gasteiger partial charge in [0.05, 0.1) is 21.8 Å². The van der Waals surface area contributed by atoms with Gasteiger partial charge in [0.2, 0.25) is 0 Å². The van der Waals surface area contributed by atoms with Gasteiger partial charge in [0, 0.05) is 11.8 Å². The molecule has 6 nitrogen and oxygen atoms in total. The highest BCUT2D eigenvalue weighted by Gasteiger charge is 2.37. The van der Waals surface area contributed by atoms with E-state index in [1.165, 1.54) is 43.3 Å². The van der Waals surface area contributed by atoms with E-state index in [4.69, 9.17) is 16.3 Å². The summed E-state index contributed by atoms with van der Waals surface area (Å²) in [6.07, 6.45) is -0.906. The van der Waals surface area contributed by atoms with Gasteiger partial charge in [0.15, 0.2) is 6.10 Å². The lowest BCUT2D eigenvalue weighted by molar-refractivity contribution is -0.122. The number of hydrogen-bond acceptors (Lipinski definition) is 4.